The number of rotatable bonds is 6. The summed E-state index contributed by atoms with van der Waals surface area (Å²) in [5.41, 5.74) is 2.56. The van der Waals surface area contributed by atoms with Crippen LogP contribution in [0.3, 0.4) is 0 Å². The summed E-state index contributed by atoms with van der Waals surface area (Å²) in [6.45, 7) is 0.198. The minimum absolute atomic E-state index is 0.0429. The molecule has 4 aromatic rings. The van der Waals surface area contributed by atoms with Gasteiger partial charge >= 0.3 is 0 Å². The molecule has 0 aliphatic heterocycles. The van der Waals surface area contributed by atoms with Crippen molar-refractivity contribution in [1.29, 1.82) is 0 Å². The van der Waals surface area contributed by atoms with Crippen molar-refractivity contribution in [2.24, 2.45) is 7.05 Å². The number of para-hydroxylation sites is 4. The van der Waals surface area contributed by atoms with Crippen molar-refractivity contribution in [3.63, 3.8) is 0 Å². The molecule has 0 fully saturated rings. The molecule has 0 amide bonds. The normalized spacial score (nSPS) is 10.7. The monoisotopic (exact) mass is 356 g/mol. The molecule has 27 heavy (non-hydrogen) atoms. The van der Waals surface area contributed by atoms with Crippen LogP contribution in [0.25, 0.3) is 10.9 Å². The van der Waals surface area contributed by atoms with Gasteiger partial charge in [0.05, 0.1) is 12.2 Å². The Hall–Kier alpha value is -3.53. The summed E-state index contributed by atoms with van der Waals surface area (Å²) in [6, 6.07) is 25.2. The second-order valence-electron chi connectivity index (χ2n) is 6.36. The third-order valence-corrected chi connectivity index (χ3v) is 4.49. The molecule has 0 saturated carbocycles. The average molecular weight is 356 g/mol. The zero-order chi connectivity index (χ0) is 18.6. The number of Topliss-reactive ketones (excluding diaryl/α,β-unsaturated/α-hetero) is 1. The number of benzene rings is 3. The molecule has 3 aromatic carbocycles. The van der Waals surface area contributed by atoms with E-state index in [2.05, 4.69) is 5.32 Å². The number of fused-ring (bicyclic) bond motifs is 1. The number of carbonyl (C=O) groups excluding carboxylic acids is 1. The highest BCUT2D eigenvalue weighted by molar-refractivity contribution is 6.09. The lowest BCUT2D eigenvalue weighted by atomic mass is 10.1. The van der Waals surface area contributed by atoms with Gasteiger partial charge in [-0.1, -0.05) is 48.5 Å². The fourth-order valence-corrected chi connectivity index (χ4v) is 3.15. The van der Waals surface area contributed by atoms with E-state index in [-0.39, 0.29) is 12.3 Å². The van der Waals surface area contributed by atoms with E-state index in [1.54, 1.807) is 0 Å². The van der Waals surface area contributed by atoms with Gasteiger partial charge in [0.2, 0.25) is 0 Å². The standard InChI is InChI=1S/C23H20N2O2/c1-25-16-19(18-11-5-7-13-21(18)25)22(26)15-24-20-12-6-8-14-23(20)27-17-9-3-2-4-10-17/h2-14,16,24H,15H2,1H3. The van der Waals surface area contributed by atoms with Crippen molar-refractivity contribution in [1.82, 2.24) is 4.57 Å². The van der Waals surface area contributed by atoms with Gasteiger partial charge in [-0.2, -0.15) is 0 Å². The van der Waals surface area contributed by atoms with E-state index in [1.165, 1.54) is 0 Å². The smallest absolute Gasteiger partial charge is 0.184 e. The van der Waals surface area contributed by atoms with Gasteiger partial charge in [0, 0.05) is 29.7 Å². The molecule has 1 aromatic heterocycles. The van der Waals surface area contributed by atoms with Gasteiger partial charge in [-0.25, -0.2) is 0 Å². The maximum absolute atomic E-state index is 12.8. The van der Waals surface area contributed by atoms with Crippen LogP contribution in [0.15, 0.2) is 85.1 Å². The molecule has 0 aliphatic rings. The Balaban J connectivity index is 1.53. The Bertz CT molecular complexity index is 1080. The summed E-state index contributed by atoms with van der Waals surface area (Å²) in [6.07, 6.45) is 1.89. The van der Waals surface area contributed by atoms with Crippen LogP contribution in [0.2, 0.25) is 0 Å². The van der Waals surface area contributed by atoms with Gasteiger partial charge in [0.15, 0.2) is 11.5 Å². The van der Waals surface area contributed by atoms with Gasteiger partial charge < -0.3 is 14.6 Å². The molecule has 0 unspecified atom stereocenters. The van der Waals surface area contributed by atoms with Gasteiger partial charge in [0.25, 0.3) is 0 Å². The molecule has 4 rings (SSSR count). The number of ether oxygens (including phenoxy) is 1. The second kappa shape index (κ2) is 7.38. The number of aryl methyl sites for hydroxylation is 1. The molecule has 4 nitrogen and oxygen atoms in total. The van der Waals surface area contributed by atoms with E-state index in [4.69, 9.17) is 4.74 Å². The fraction of sp³-hybridized carbons (Fsp3) is 0.0870. The molecule has 134 valence electrons. The molecule has 0 radical (unpaired) electrons. The third-order valence-electron chi connectivity index (χ3n) is 4.49. The summed E-state index contributed by atoms with van der Waals surface area (Å²) in [7, 11) is 1.95. The lowest BCUT2D eigenvalue weighted by Gasteiger charge is -2.12. The highest BCUT2D eigenvalue weighted by Gasteiger charge is 2.14. The maximum Gasteiger partial charge on any atom is 0.184 e. The largest absolute Gasteiger partial charge is 0.455 e. The van der Waals surface area contributed by atoms with Gasteiger partial charge in [-0.05, 0) is 30.3 Å². The van der Waals surface area contributed by atoms with Crippen LogP contribution in [-0.4, -0.2) is 16.9 Å². The first-order valence-corrected chi connectivity index (χ1v) is 8.85. The molecular formula is C23H20N2O2. The number of hydrogen-bond donors (Lipinski definition) is 1. The lowest BCUT2D eigenvalue weighted by Crippen LogP contribution is -2.14. The predicted octanol–water partition coefficient (Wildman–Crippen LogP) is 5.27. The molecule has 0 atom stereocenters. The number of nitrogens with zero attached hydrogens (tertiary/aromatic N) is 1. The summed E-state index contributed by atoms with van der Waals surface area (Å²) in [5.74, 6) is 1.49. The molecular weight excluding hydrogens is 336 g/mol. The molecule has 0 spiro atoms. The number of hydrogen-bond acceptors (Lipinski definition) is 3. The summed E-state index contributed by atoms with van der Waals surface area (Å²) < 4.78 is 7.93. The van der Waals surface area contributed by atoms with E-state index in [0.29, 0.717) is 5.75 Å². The SMILES string of the molecule is Cn1cc(C(=O)CNc2ccccc2Oc2ccccc2)c2ccccc21. The topological polar surface area (TPSA) is 43.3 Å². The van der Waals surface area contributed by atoms with E-state index in [1.807, 2.05) is 96.7 Å². The molecule has 0 bridgehead atoms. The molecule has 0 aliphatic carbocycles. The van der Waals surface area contributed by atoms with Crippen LogP contribution >= 0.6 is 0 Å². The van der Waals surface area contributed by atoms with Crippen LogP contribution in [0.5, 0.6) is 11.5 Å². The Kier molecular flexibility index (Phi) is 4.62. The van der Waals surface area contributed by atoms with E-state index < -0.39 is 0 Å². The average Bonchev–Trinajstić information content (AvgIpc) is 3.05. The van der Waals surface area contributed by atoms with Crippen LogP contribution in [0, 0.1) is 0 Å². The quantitative estimate of drug-likeness (QED) is 0.479. The first kappa shape index (κ1) is 16.9. The second-order valence-corrected chi connectivity index (χ2v) is 6.36. The number of nitrogens with one attached hydrogen (secondary N) is 1. The van der Waals surface area contributed by atoms with Crippen molar-refractivity contribution in [2.45, 2.75) is 0 Å². The number of aromatic nitrogens is 1. The van der Waals surface area contributed by atoms with Gasteiger partial charge in [0.1, 0.15) is 5.75 Å². The summed E-state index contributed by atoms with van der Waals surface area (Å²) in [5, 5.41) is 4.19. The van der Waals surface area contributed by atoms with Crippen LogP contribution < -0.4 is 10.1 Å². The first-order valence-electron chi connectivity index (χ1n) is 8.85. The van der Waals surface area contributed by atoms with Crippen molar-refractivity contribution in [3.05, 3.63) is 90.6 Å². The predicted molar refractivity (Wildman–Crippen MR) is 109 cm³/mol. The van der Waals surface area contributed by atoms with Gasteiger partial charge in [-0.15, -0.1) is 0 Å². The fourth-order valence-electron chi connectivity index (χ4n) is 3.15. The van der Waals surface area contributed by atoms with Crippen molar-refractivity contribution >= 4 is 22.4 Å². The molecule has 1 heterocycles. The number of ketones is 1. The zero-order valence-corrected chi connectivity index (χ0v) is 15.1. The van der Waals surface area contributed by atoms with E-state index in [0.717, 1.165) is 27.9 Å². The van der Waals surface area contributed by atoms with Crippen LogP contribution in [0.4, 0.5) is 5.69 Å². The van der Waals surface area contributed by atoms with Crippen LogP contribution in [-0.2, 0) is 7.05 Å². The minimum Gasteiger partial charge on any atom is -0.455 e. The summed E-state index contributed by atoms with van der Waals surface area (Å²) in [4.78, 5) is 12.8. The van der Waals surface area contributed by atoms with Crippen molar-refractivity contribution in [3.8, 4) is 11.5 Å². The minimum atomic E-state index is 0.0429. The van der Waals surface area contributed by atoms with Crippen molar-refractivity contribution < 1.29 is 9.53 Å². The third kappa shape index (κ3) is 3.55. The Morgan fingerprint density at radius 2 is 1.63 bits per heavy atom. The first-order chi connectivity index (χ1) is 13.2. The lowest BCUT2D eigenvalue weighted by molar-refractivity contribution is 0.101. The Labute approximate surface area is 158 Å². The maximum atomic E-state index is 12.8. The van der Waals surface area contributed by atoms with E-state index >= 15 is 0 Å². The number of carbonyl (C=O) groups is 1. The Morgan fingerprint density at radius 3 is 2.48 bits per heavy atom. The van der Waals surface area contributed by atoms with E-state index in [9.17, 15) is 4.79 Å². The van der Waals surface area contributed by atoms with Crippen molar-refractivity contribution in [2.75, 3.05) is 11.9 Å². The van der Waals surface area contributed by atoms with Crippen LogP contribution in [0.1, 0.15) is 10.4 Å². The molecule has 1 N–H and O–H groups in total. The Morgan fingerprint density at radius 1 is 0.926 bits per heavy atom. The number of anilines is 1. The molecule has 0 saturated heterocycles. The van der Waals surface area contributed by atoms with Gasteiger partial charge in [-0.3, -0.25) is 4.79 Å². The highest BCUT2D eigenvalue weighted by Crippen LogP contribution is 2.29. The molecule has 4 heteroatoms. The summed E-state index contributed by atoms with van der Waals surface area (Å²) >= 11 is 0. The highest BCUT2D eigenvalue weighted by atomic mass is 16.5. The zero-order valence-electron chi connectivity index (χ0n) is 15.1.